The van der Waals surface area contributed by atoms with E-state index >= 15 is 0 Å². The van der Waals surface area contributed by atoms with E-state index in [-0.39, 0.29) is 30.3 Å². The van der Waals surface area contributed by atoms with Gasteiger partial charge in [0, 0.05) is 37.7 Å². The van der Waals surface area contributed by atoms with Crippen molar-refractivity contribution in [2.75, 3.05) is 26.2 Å². The number of piperazine rings is 1. The van der Waals surface area contributed by atoms with Gasteiger partial charge >= 0.3 is 0 Å². The maximum Gasteiger partial charge on any atom is 0.239 e. The zero-order chi connectivity index (χ0) is 16.1. The van der Waals surface area contributed by atoms with Gasteiger partial charge in [0.15, 0.2) is 0 Å². The third-order valence-corrected chi connectivity index (χ3v) is 4.76. The summed E-state index contributed by atoms with van der Waals surface area (Å²) in [7, 11) is 0. The Kier molecular flexibility index (Phi) is 8.34. The second kappa shape index (κ2) is 9.48. The van der Waals surface area contributed by atoms with Crippen molar-refractivity contribution in [2.45, 2.75) is 32.9 Å². The predicted molar refractivity (Wildman–Crippen MR) is 98.0 cm³/mol. The number of carbonyl (C=O) groups excluding carboxylic acids is 1. The van der Waals surface area contributed by atoms with Gasteiger partial charge in [-0.15, -0.1) is 12.4 Å². The van der Waals surface area contributed by atoms with Crippen molar-refractivity contribution < 1.29 is 4.79 Å². The maximum atomic E-state index is 12.4. The third-order valence-electron chi connectivity index (χ3n) is 4.52. The minimum atomic E-state index is -0.371. The topological polar surface area (TPSA) is 49.6 Å². The highest BCUT2D eigenvalue weighted by Crippen LogP contribution is 2.15. The van der Waals surface area contributed by atoms with Gasteiger partial charge in [-0.1, -0.05) is 44.0 Å². The van der Waals surface area contributed by atoms with Crippen molar-refractivity contribution >= 4 is 29.9 Å². The minimum absolute atomic E-state index is 0. The van der Waals surface area contributed by atoms with Crippen molar-refractivity contribution in [3.63, 3.8) is 0 Å². The van der Waals surface area contributed by atoms with Crippen LogP contribution in [0.15, 0.2) is 24.3 Å². The number of hydrogen-bond acceptors (Lipinski definition) is 3. The summed E-state index contributed by atoms with van der Waals surface area (Å²) in [4.78, 5) is 16.6. The summed E-state index contributed by atoms with van der Waals surface area (Å²) in [6.07, 6.45) is 0.932. The van der Waals surface area contributed by atoms with E-state index in [0.29, 0.717) is 0 Å². The molecule has 1 fully saturated rings. The zero-order valence-electron chi connectivity index (χ0n) is 13.9. The molecule has 1 aliphatic rings. The largest absolute Gasteiger partial charge is 0.339 e. The molecule has 0 radical (unpaired) electrons. The predicted octanol–water partition coefficient (Wildman–Crippen LogP) is 2.78. The third kappa shape index (κ3) is 5.64. The van der Waals surface area contributed by atoms with Crippen LogP contribution in [0, 0.1) is 5.92 Å². The number of rotatable bonds is 5. The van der Waals surface area contributed by atoms with Crippen LogP contribution >= 0.6 is 24.0 Å². The van der Waals surface area contributed by atoms with Crippen LogP contribution in [0.5, 0.6) is 0 Å². The number of nitrogens with two attached hydrogens (primary N) is 1. The molecule has 2 N–H and O–H groups in total. The summed E-state index contributed by atoms with van der Waals surface area (Å²) in [5.74, 6) is 0.328. The van der Waals surface area contributed by atoms with Gasteiger partial charge in [0.2, 0.25) is 5.91 Å². The fraction of sp³-hybridized carbons (Fsp3) is 0.588. The van der Waals surface area contributed by atoms with E-state index in [1.54, 1.807) is 0 Å². The van der Waals surface area contributed by atoms with Crippen molar-refractivity contribution in [3.05, 3.63) is 34.9 Å². The molecule has 1 aliphatic heterocycles. The Balaban J connectivity index is 0.00000264. The monoisotopic (exact) mass is 359 g/mol. The van der Waals surface area contributed by atoms with Crippen molar-refractivity contribution in [1.29, 1.82) is 0 Å². The Morgan fingerprint density at radius 2 is 1.96 bits per heavy atom. The second-order valence-corrected chi connectivity index (χ2v) is 6.58. The smallest absolute Gasteiger partial charge is 0.239 e. The standard InChI is InChI=1S/C17H26ClN3O.ClH/c1-3-13(2)16(19)17(22)21-9-7-20(8-10-21)12-14-5-4-6-15(18)11-14;/h4-6,11,13,16H,3,7-10,12,19H2,1-2H3;1H. The molecule has 0 aliphatic carbocycles. The lowest BCUT2D eigenvalue weighted by molar-refractivity contribution is -0.135. The molecule has 0 saturated carbocycles. The SMILES string of the molecule is CCC(C)C(N)C(=O)N1CCN(Cc2cccc(Cl)c2)CC1.Cl. The number of benzene rings is 1. The Morgan fingerprint density at radius 1 is 1.30 bits per heavy atom. The minimum Gasteiger partial charge on any atom is -0.339 e. The van der Waals surface area contributed by atoms with Crippen molar-refractivity contribution in [1.82, 2.24) is 9.80 Å². The van der Waals surface area contributed by atoms with E-state index in [2.05, 4.69) is 17.9 Å². The highest BCUT2D eigenvalue weighted by Gasteiger charge is 2.27. The molecule has 1 aromatic carbocycles. The van der Waals surface area contributed by atoms with Crippen LogP contribution in [0.3, 0.4) is 0 Å². The molecular weight excluding hydrogens is 333 g/mol. The molecule has 1 amide bonds. The van der Waals surface area contributed by atoms with Gasteiger partial charge in [0.1, 0.15) is 0 Å². The molecule has 4 nitrogen and oxygen atoms in total. The number of carbonyl (C=O) groups is 1. The summed E-state index contributed by atoms with van der Waals surface area (Å²) in [5, 5.41) is 0.769. The van der Waals surface area contributed by atoms with Gasteiger partial charge in [0.25, 0.3) is 0 Å². The molecule has 0 spiro atoms. The molecule has 1 saturated heterocycles. The first kappa shape index (κ1) is 20.2. The molecular formula is C17H27Cl2N3O. The maximum absolute atomic E-state index is 12.4. The van der Waals surface area contributed by atoms with Gasteiger partial charge in [-0.3, -0.25) is 9.69 Å². The molecule has 1 aromatic rings. The first-order valence-corrected chi connectivity index (χ1v) is 8.40. The number of halogens is 2. The number of nitrogens with zero attached hydrogens (tertiary/aromatic N) is 2. The Labute approximate surface area is 150 Å². The summed E-state index contributed by atoms with van der Waals surface area (Å²) >= 11 is 6.02. The van der Waals surface area contributed by atoms with E-state index in [0.717, 1.165) is 44.2 Å². The van der Waals surface area contributed by atoms with E-state index in [4.69, 9.17) is 17.3 Å². The van der Waals surface area contributed by atoms with E-state index in [1.165, 1.54) is 5.56 Å². The van der Waals surface area contributed by atoms with Crippen LogP contribution in [0.2, 0.25) is 5.02 Å². The Morgan fingerprint density at radius 3 is 2.52 bits per heavy atom. The first-order chi connectivity index (χ1) is 10.5. The number of hydrogen-bond donors (Lipinski definition) is 1. The first-order valence-electron chi connectivity index (χ1n) is 8.02. The van der Waals surface area contributed by atoms with E-state index in [9.17, 15) is 4.79 Å². The lowest BCUT2D eigenvalue weighted by Crippen LogP contribution is -2.54. The average molecular weight is 360 g/mol. The molecule has 1 heterocycles. The molecule has 2 unspecified atom stereocenters. The van der Waals surface area contributed by atoms with Gasteiger partial charge in [-0.2, -0.15) is 0 Å². The van der Waals surface area contributed by atoms with E-state index in [1.807, 2.05) is 30.0 Å². The molecule has 130 valence electrons. The van der Waals surface area contributed by atoms with Crippen LogP contribution in [0.1, 0.15) is 25.8 Å². The van der Waals surface area contributed by atoms with Gasteiger partial charge in [-0.05, 0) is 23.6 Å². The van der Waals surface area contributed by atoms with E-state index < -0.39 is 0 Å². The zero-order valence-corrected chi connectivity index (χ0v) is 15.4. The molecule has 2 atom stereocenters. The van der Waals surface area contributed by atoms with Gasteiger partial charge < -0.3 is 10.6 Å². The van der Waals surface area contributed by atoms with Crippen LogP contribution in [0.4, 0.5) is 0 Å². The van der Waals surface area contributed by atoms with Crippen LogP contribution in [-0.4, -0.2) is 47.9 Å². The normalized spacial score (nSPS) is 18.2. The highest BCUT2D eigenvalue weighted by molar-refractivity contribution is 6.30. The summed E-state index contributed by atoms with van der Waals surface area (Å²) in [6.45, 7) is 8.25. The molecule has 0 bridgehead atoms. The van der Waals surface area contributed by atoms with Crippen LogP contribution in [-0.2, 0) is 11.3 Å². The summed E-state index contributed by atoms with van der Waals surface area (Å²) in [5.41, 5.74) is 7.27. The van der Waals surface area contributed by atoms with Crippen LogP contribution < -0.4 is 5.73 Å². The van der Waals surface area contributed by atoms with Gasteiger partial charge in [-0.25, -0.2) is 0 Å². The molecule has 0 aromatic heterocycles. The molecule has 6 heteroatoms. The Hall–Kier alpha value is -0.810. The van der Waals surface area contributed by atoms with Crippen molar-refractivity contribution in [2.24, 2.45) is 11.7 Å². The Bertz CT molecular complexity index is 504. The van der Waals surface area contributed by atoms with Crippen molar-refractivity contribution in [3.8, 4) is 0 Å². The summed E-state index contributed by atoms with van der Waals surface area (Å²) < 4.78 is 0. The molecule has 23 heavy (non-hydrogen) atoms. The number of amides is 1. The average Bonchev–Trinajstić information content (AvgIpc) is 2.53. The van der Waals surface area contributed by atoms with Crippen LogP contribution in [0.25, 0.3) is 0 Å². The quantitative estimate of drug-likeness (QED) is 0.879. The van der Waals surface area contributed by atoms with Gasteiger partial charge in [0.05, 0.1) is 6.04 Å². The lowest BCUT2D eigenvalue weighted by Gasteiger charge is -2.36. The lowest BCUT2D eigenvalue weighted by atomic mass is 9.98. The second-order valence-electron chi connectivity index (χ2n) is 6.14. The summed E-state index contributed by atoms with van der Waals surface area (Å²) in [6, 6.07) is 7.57. The molecule has 2 rings (SSSR count). The fourth-order valence-corrected chi connectivity index (χ4v) is 2.94. The highest BCUT2D eigenvalue weighted by atomic mass is 35.5. The fourth-order valence-electron chi connectivity index (χ4n) is 2.73.